The Morgan fingerprint density at radius 1 is 1.44 bits per heavy atom. The molecule has 0 aliphatic rings. The monoisotopic (exact) mass is 248 g/mol. The highest BCUT2D eigenvalue weighted by molar-refractivity contribution is 6.02. The number of carbonyl (C=O) groups excluding carboxylic acids is 1. The van der Waals surface area contributed by atoms with Crippen molar-refractivity contribution < 1.29 is 9.53 Å². The SMILES string of the molecule is COc1ccc(C)cc1NC(=O)c1n[nH]c(=O)[nH]1. The number of methoxy groups -OCH3 is 1. The van der Waals surface area contributed by atoms with Crippen molar-refractivity contribution in [2.45, 2.75) is 6.92 Å². The number of benzene rings is 1. The van der Waals surface area contributed by atoms with Gasteiger partial charge in [0.05, 0.1) is 12.8 Å². The first kappa shape index (κ1) is 11.9. The van der Waals surface area contributed by atoms with Crippen LogP contribution in [0.15, 0.2) is 23.0 Å². The molecule has 2 aromatic rings. The van der Waals surface area contributed by atoms with Crippen molar-refractivity contribution in [3.05, 3.63) is 40.1 Å². The van der Waals surface area contributed by atoms with Gasteiger partial charge in [-0.15, -0.1) is 5.10 Å². The van der Waals surface area contributed by atoms with Crippen LogP contribution in [0, 0.1) is 6.92 Å². The number of H-pyrrole nitrogens is 2. The molecule has 0 bridgehead atoms. The standard InChI is InChI=1S/C11H12N4O3/c1-6-3-4-8(18-2)7(5-6)12-10(16)9-13-11(17)15-14-9/h3-5H,1-2H3,(H,12,16)(H2,13,14,15,17). The van der Waals surface area contributed by atoms with Crippen LogP contribution in [0.1, 0.15) is 16.2 Å². The maximum atomic E-state index is 11.8. The molecule has 0 aliphatic carbocycles. The lowest BCUT2D eigenvalue weighted by Gasteiger charge is -2.09. The number of hydrogen-bond donors (Lipinski definition) is 3. The van der Waals surface area contributed by atoms with Crippen LogP contribution in [0.5, 0.6) is 5.75 Å². The fourth-order valence-electron chi connectivity index (χ4n) is 1.48. The molecule has 7 heteroatoms. The summed E-state index contributed by atoms with van der Waals surface area (Å²) in [6.45, 7) is 1.89. The molecule has 0 unspecified atom stereocenters. The van der Waals surface area contributed by atoms with Crippen LogP contribution in [-0.2, 0) is 0 Å². The van der Waals surface area contributed by atoms with E-state index in [1.165, 1.54) is 7.11 Å². The number of ether oxygens (including phenoxy) is 1. The molecule has 0 spiro atoms. The lowest BCUT2D eigenvalue weighted by Crippen LogP contribution is -2.15. The number of rotatable bonds is 3. The molecule has 3 N–H and O–H groups in total. The maximum absolute atomic E-state index is 11.8. The normalized spacial score (nSPS) is 10.1. The molecule has 2 rings (SSSR count). The number of anilines is 1. The lowest BCUT2D eigenvalue weighted by molar-refractivity contribution is 0.101. The molecule has 0 saturated heterocycles. The van der Waals surface area contributed by atoms with Crippen LogP contribution in [0.4, 0.5) is 5.69 Å². The summed E-state index contributed by atoms with van der Waals surface area (Å²) in [5.41, 5.74) is 0.962. The first-order valence-corrected chi connectivity index (χ1v) is 5.21. The van der Waals surface area contributed by atoms with Crippen molar-refractivity contribution in [2.75, 3.05) is 12.4 Å². The second kappa shape index (κ2) is 4.74. The van der Waals surface area contributed by atoms with Crippen molar-refractivity contribution >= 4 is 11.6 Å². The minimum atomic E-state index is -0.531. The topological polar surface area (TPSA) is 99.9 Å². The average Bonchev–Trinajstić information content (AvgIpc) is 2.76. The van der Waals surface area contributed by atoms with E-state index in [1.807, 2.05) is 13.0 Å². The molecular formula is C11H12N4O3. The molecular weight excluding hydrogens is 236 g/mol. The molecule has 0 saturated carbocycles. The van der Waals surface area contributed by atoms with Crippen molar-refractivity contribution in [1.82, 2.24) is 15.2 Å². The number of hydrogen-bond acceptors (Lipinski definition) is 4. The number of carbonyl (C=O) groups is 1. The molecule has 1 aromatic carbocycles. The molecule has 18 heavy (non-hydrogen) atoms. The fourth-order valence-corrected chi connectivity index (χ4v) is 1.48. The highest BCUT2D eigenvalue weighted by Crippen LogP contribution is 2.25. The van der Waals surface area contributed by atoms with Crippen LogP contribution >= 0.6 is 0 Å². The van der Waals surface area contributed by atoms with Gasteiger partial charge in [-0.05, 0) is 24.6 Å². The summed E-state index contributed by atoms with van der Waals surface area (Å²) in [4.78, 5) is 24.9. The molecule has 0 fully saturated rings. The smallest absolute Gasteiger partial charge is 0.341 e. The van der Waals surface area contributed by atoms with Gasteiger partial charge in [0.2, 0.25) is 5.82 Å². The van der Waals surface area contributed by atoms with E-state index >= 15 is 0 Å². The van der Waals surface area contributed by atoms with Crippen LogP contribution in [0.25, 0.3) is 0 Å². The molecule has 94 valence electrons. The predicted molar refractivity (Wildman–Crippen MR) is 64.9 cm³/mol. The summed E-state index contributed by atoms with van der Waals surface area (Å²) in [7, 11) is 1.51. The van der Waals surface area contributed by atoms with Gasteiger partial charge in [-0.1, -0.05) is 6.07 Å². The van der Waals surface area contributed by atoms with E-state index in [4.69, 9.17) is 4.74 Å². The van der Waals surface area contributed by atoms with Gasteiger partial charge in [0.15, 0.2) is 0 Å². The Hall–Kier alpha value is -2.57. The quantitative estimate of drug-likeness (QED) is 0.743. The fraction of sp³-hybridized carbons (Fsp3) is 0.182. The average molecular weight is 248 g/mol. The highest BCUT2D eigenvalue weighted by Gasteiger charge is 2.12. The van der Waals surface area contributed by atoms with Crippen molar-refractivity contribution in [2.24, 2.45) is 0 Å². The molecule has 1 amide bonds. The Bertz CT molecular complexity index is 629. The molecule has 1 aromatic heterocycles. The van der Waals surface area contributed by atoms with Gasteiger partial charge in [0, 0.05) is 0 Å². The van der Waals surface area contributed by atoms with E-state index < -0.39 is 11.6 Å². The highest BCUT2D eigenvalue weighted by atomic mass is 16.5. The van der Waals surface area contributed by atoms with E-state index in [9.17, 15) is 9.59 Å². The second-order valence-electron chi connectivity index (χ2n) is 3.68. The number of aryl methyl sites for hydroxylation is 1. The third kappa shape index (κ3) is 2.40. The van der Waals surface area contributed by atoms with Gasteiger partial charge in [-0.2, -0.15) is 0 Å². The first-order valence-electron chi connectivity index (χ1n) is 5.21. The summed E-state index contributed by atoms with van der Waals surface area (Å²) < 4.78 is 5.13. The third-order valence-corrected chi connectivity index (χ3v) is 2.32. The van der Waals surface area contributed by atoms with E-state index in [2.05, 4.69) is 20.5 Å². The van der Waals surface area contributed by atoms with Crippen LogP contribution < -0.4 is 15.7 Å². The van der Waals surface area contributed by atoms with Crippen molar-refractivity contribution in [3.63, 3.8) is 0 Å². The van der Waals surface area contributed by atoms with Crippen molar-refractivity contribution in [3.8, 4) is 5.75 Å². The summed E-state index contributed by atoms with van der Waals surface area (Å²) in [5, 5.41) is 8.28. The Morgan fingerprint density at radius 3 is 2.83 bits per heavy atom. The molecule has 0 aliphatic heterocycles. The molecule has 0 atom stereocenters. The largest absolute Gasteiger partial charge is 0.495 e. The van der Waals surface area contributed by atoms with Gasteiger partial charge >= 0.3 is 5.69 Å². The Labute approximate surface area is 102 Å². The molecule has 1 heterocycles. The van der Waals surface area contributed by atoms with E-state index in [1.54, 1.807) is 12.1 Å². The Morgan fingerprint density at radius 2 is 2.22 bits per heavy atom. The Kier molecular flexibility index (Phi) is 3.13. The summed E-state index contributed by atoms with van der Waals surface area (Å²) in [6, 6.07) is 5.38. The summed E-state index contributed by atoms with van der Waals surface area (Å²) >= 11 is 0. The van der Waals surface area contributed by atoms with Gasteiger partial charge in [0.1, 0.15) is 5.75 Å². The summed E-state index contributed by atoms with van der Waals surface area (Å²) in [6.07, 6.45) is 0. The zero-order valence-corrected chi connectivity index (χ0v) is 9.90. The van der Waals surface area contributed by atoms with Gasteiger partial charge in [0.25, 0.3) is 5.91 Å². The summed E-state index contributed by atoms with van der Waals surface area (Å²) in [5.74, 6) is -0.0624. The van der Waals surface area contributed by atoms with E-state index in [-0.39, 0.29) is 5.82 Å². The third-order valence-electron chi connectivity index (χ3n) is 2.32. The predicted octanol–water partition coefficient (Wildman–Crippen LogP) is 0.667. The number of nitrogens with zero attached hydrogens (tertiary/aromatic N) is 1. The minimum Gasteiger partial charge on any atom is -0.495 e. The molecule has 0 radical (unpaired) electrons. The molecule has 7 nitrogen and oxygen atoms in total. The van der Waals surface area contributed by atoms with E-state index in [0.29, 0.717) is 11.4 Å². The second-order valence-corrected chi connectivity index (χ2v) is 3.68. The van der Waals surface area contributed by atoms with E-state index in [0.717, 1.165) is 5.56 Å². The maximum Gasteiger partial charge on any atom is 0.341 e. The van der Waals surface area contributed by atoms with Gasteiger partial charge in [-0.3, -0.25) is 9.78 Å². The van der Waals surface area contributed by atoms with Gasteiger partial charge in [-0.25, -0.2) is 9.89 Å². The zero-order chi connectivity index (χ0) is 13.1. The Balaban J connectivity index is 2.26. The van der Waals surface area contributed by atoms with Crippen LogP contribution in [0.2, 0.25) is 0 Å². The van der Waals surface area contributed by atoms with Crippen molar-refractivity contribution in [1.29, 1.82) is 0 Å². The number of amides is 1. The number of nitrogens with one attached hydrogen (secondary N) is 3. The zero-order valence-electron chi connectivity index (χ0n) is 9.90. The minimum absolute atomic E-state index is 0.0800. The van der Waals surface area contributed by atoms with Gasteiger partial charge < -0.3 is 10.1 Å². The lowest BCUT2D eigenvalue weighted by atomic mass is 10.2. The number of aromatic amines is 2. The van der Waals surface area contributed by atoms with Crippen LogP contribution in [-0.4, -0.2) is 28.2 Å². The van der Waals surface area contributed by atoms with Crippen LogP contribution in [0.3, 0.4) is 0 Å². The number of aromatic nitrogens is 3. The first-order chi connectivity index (χ1) is 8.60.